The predicted molar refractivity (Wildman–Crippen MR) is 85.4 cm³/mol. The highest BCUT2D eigenvalue weighted by Gasteiger charge is 2.11. The van der Waals surface area contributed by atoms with E-state index in [9.17, 15) is 4.79 Å². The van der Waals surface area contributed by atoms with Crippen molar-refractivity contribution in [2.75, 3.05) is 0 Å². The third-order valence-electron chi connectivity index (χ3n) is 3.35. The number of aliphatic hydroxyl groups is 1. The van der Waals surface area contributed by atoms with E-state index in [0.29, 0.717) is 17.1 Å². The van der Waals surface area contributed by atoms with Crippen molar-refractivity contribution in [2.24, 2.45) is 0 Å². The number of carbonyl (C=O) groups excluding carboxylic acids is 1. The summed E-state index contributed by atoms with van der Waals surface area (Å²) in [6.45, 7) is 0.162. The van der Waals surface area contributed by atoms with Gasteiger partial charge in [0.1, 0.15) is 5.69 Å². The number of pyridine rings is 1. The van der Waals surface area contributed by atoms with Crippen LogP contribution in [0.3, 0.4) is 0 Å². The maximum Gasteiger partial charge on any atom is 0.269 e. The summed E-state index contributed by atoms with van der Waals surface area (Å²) < 4.78 is 0. The van der Waals surface area contributed by atoms with Crippen molar-refractivity contribution in [3.63, 3.8) is 0 Å². The highest BCUT2D eigenvalue weighted by molar-refractivity contribution is 5.93. The van der Waals surface area contributed by atoms with E-state index in [1.807, 2.05) is 30.3 Å². The fourth-order valence-corrected chi connectivity index (χ4v) is 2.18. The molecule has 1 amide bonds. The Morgan fingerprint density at radius 2 is 1.87 bits per heavy atom. The molecule has 0 spiro atoms. The van der Waals surface area contributed by atoms with Crippen LogP contribution in [0.4, 0.5) is 0 Å². The van der Waals surface area contributed by atoms with Gasteiger partial charge < -0.3 is 10.4 Å². The Morgan fingerprint density at radius 3 is 2.65 bits per heavy atom. The van der Waals surface area contributed by atoms with Gasteiger partial charge in [0.2, 0.25) is 0 Å². The number of nitrogens with zero attached hydrogens (tertiary/aromatic N) is 2. The Hall–Kier alpha value is -2.99. The first-order chi connectivity index (χ1) is 11.3. The summed E-state index contributed by atoms with van der Waals surface area (Å²) in [4.78, 5) is 16.4. The molecular weight excluding hydrogens is 292 g/mol. The Kier molecular flexibility index (Phi) is 4.44. The van der Waals surface area contributed by atoms with Crippen LogP contribution in [0.15, 0.2) is 54.6 Å². The average molecular weight is 308 g/mol. The van der Waals surface area contributed by atoms with Crippen molar-refractivity contribution in [1.82, 2.24) is 20.5 Å². The van der Waals surface area contributed by atoms with Crippen LogP contribution < -0.4 is 5.32 Å². The normalized spacial score (nSPS) is 10.5. The molecule has 2 aromatic heterocycles. The standard InChI is InChI=1S/C17H16N4O2/c22-11-14-8-4-7-13(19-14)10-18-17(23)16-9-15(20-21-16)12-5-2-1-3-6-12/h1-9,22H,10-11H2,(H,18,23)(H,20,21). The van der Waals surface area contributed by atoms with E-state index in [1.165, 1.54) is 0 Å². The molecule has 0 aliphatic rings. The molecule has 3 N–H and O–H groups in total. The van der Waals surface area contributed by atoms with Gasteiger partial charge in [-0.05, 0) is 18.2 Å². The molecule has 0 aliphatic carbocycles. The molecule has 116 valence electrons. The van der Waals surface area contributed by atoms with Crippen LogP contribution >= 0.6 is 0 Å². The first-order valence-electron chi connectivity index (χ1n) is 7.21. The van der Waals surface area contributed by atoms with Gasteiger partial charge in [0.15, 0.2) is 0 Å². The molecule has 0 atom stereocenters. The predicted octanol–water partition coefficient (Wildman–Crippen LogP) is 1.89. The smallest absolute Gasteiger partial charge is 0.269 e. The Labute approximate surface area is 133 Å². The molecular formula is C17H16N4O2. The number of H-pyrrole nitrogens is 1. The fourth-order valence-electron chi connectivity index (χ4n) is 2.18. The second-order valence-corrected chi connectivity index (χ2v) is 4.99. The van der Waals surface area contributed by atoms with Crippen molar-refractivity contribution in [3.8, 4) is 11.3 Å². The summed E-state index contributed by atoms with van der Waals surface area (Å²) in [5, 5.41) is 18.7. The summed E-state index contributed by atoms with van der Waals surface area (Å²) in [6.07, 6.45) is 0. The SMILES string of the molecule is O=C(NCc1cccc(CO)n1)c1cc(-c2ccccc2)n[nH]1. The van der Waals surface area contributed by atoms with Gasteiger partial charge in [-0.2, -0.15) is 5.10 Å². The Balaban J connectivity index is 1.66. The van der Waals surface area contributed by atoms with E-state index < -0.39 is 0 Å². The van der Waals surface area contributed by atoms with Crippen molar-refractivity contribution < 1.29 is 9.90 Å². The number of nitrogens with one attached hydrogen (secondary N) is 2. The van der Waals surface area contributed by atoms with Crippen LogP contribution in [-0.2, 0) is 13.2 Å². The van der Waals surface area contributed by atoms with Gasteiger partial charge in [-0.3, -0.25) is 14.9 Å². The molecule has 2 heterocycles. The number of carbonyl (C=O) groups is 1. The Bertz CT molecular complexity index is 799. The van der Waals surface area contributed by atoms with Gasteiger partial charge in [-0.15, -0.1) is 0 Å². The molecule has 3 rings (SSSR count). The molecule has 0 saturated heterocycles. The van der Waals surface area contributed by atoms with Crippen LogP contribution in [0.25, 0.3) is 11.3 Å². The van der Waals surface area contributed by atoms with Crippen LogP contribution in [0.5, 0.6) is 0 Å². The topological polar surface area (TPSA) is 90.9 Å². The number of hydrogen-bond donors (Lipinski definition) is 3. The molecule has 23 heavy (non-hydrogen) atoms. The van der Waals surface area contributed by atoms with Gasteiger partial charge >= 0.3 is 0 Å². The molecule has 6 nitrogen and oxygen atoms in total. The van der Waals surface area contributed by atoms with E-state index in [4.69, 9.17) is 5.11 Å². The Morgan fingerprint density at radius 1 is 1.09 bits per heavy atom. The lowest BCUT2D eigenvalue weighted by atomic mass is 10.1. The van der Waals surface area contributed by atoms with Gasteiger partial charge in [0.25, 0.3) is 5.91 Å². The zero-order chi connectivity index (χ0) is 16.1. The van der Waals surface area contributed by atoms with E-state index in [0.717, 1.165) is 11.3 Å². The number of aromatic nitrogens is 3. The summed E-state index contributed by atoms with van der Waals surface area (Å²) in [7, 11) is 0. The minimum absolute atomic E-state index is 0.122. The molecule has 0 radical (unpaired) electrons. The van der Waals surface area contributed by atoms with Gasteiger partial charge in [-0.25, -0.2) is 0 Å². The van der Waals surface area contributed by atoms with Gasteiger partial charge in [0.05, 0.1) is 30.2 Å². The number of amides is 1. The van der Waals surface area contributed by atoms with E-state index in [2.05, 4.69) is 20.5 Å². The van der Waals surface area contributed by atoms with Crippen molar-refractivity contribution >= 4 is 5.91 Å². The quantitative estimate of drug-likeness (QED) is 0.671. The lowest BCUT2D eigenvalue weighted by molar-refractivity contribution is 0.0945. The third kappa shape index (κ3) is 3.61. The molecule has 6 heteroatoms. The van der Waals surface area contributed by atoms with Crippen molar-refractivity contribution in [3.05, 3.63) is 71.7 Å². The zero-order valence-corrected chi connectivity index (χ0v) is 12.4. The first-order valence-corrected chi connectivity index (χ1v) is 7.21. The van der Waals surface area contributed by atoms with E-state index in [-0.39, 0.29) is 19.1 Å². The third-order valence-corrected chi connectivity index (χ3v) is 3.35. The van der Waals surface area contributed by atoms with Crippen molar-refractivity contribution in [2.45, 2.75) is 13.2 Å². The summed E-state index contributed by atoms with van der Waals surface area (Å²) >= 11 is 0. The molecule has 0 bridgehead atoms. The summed E-state index contributed by atoms with van der Waals surface area (Å²) in [6, 6.07) is 16.7. The minimum Gasteiger partial charge on any atom is -0.390 e. The molecule has 3 aromatic rings. The van der Waals surface area contributed by atoms with Crippen LogP contribution in [0.1, 0.15) is 21.9 Å². The van der Waals surface area contributed by atoms with Crippen LogP contribution in [0.2, 0.25) is 0 Å². The van der Waals surface area contributed by atoms with Crippen molar-refractivity contribution in [1.29, 1.82) is 0 Å². The average Bonchev–Trinajstić information content (AvgIpc) is 3.11. The number of benzene rings is 1. The second kappa shape index (κ2) is 6.85. The molecule has 0 fully saturated rings. The fraction of sp³-hybridized carbons (Fsp3) is 0.118. The molecule has 0 saturated carbocycles. The van der Waals surface area contributed by atoms with Crippen LogP contribution in [0, 0.1) is 0 Å². The maximum atomic E-state index is 12.2. The molecule has 0 unspecified atom stereocenters. The largest absolute Gasteiger partial charge is 0.390 e. The summed E-state index contributed by atoms with van der Waals surface area (Å²) in [5.41, 5.74) is 3.32. The molecule has 1 aromatic carbocycles. The first kappa shape index (κ1) is 14.9. The van der Waals surface area contributed by atoms with Gasteiger partial charge in [-0.1, -0.05) is 36.4 Å². The lowest BCUT2D eigenvalue weighted by Gasteiger charge is -2.04. The van der Waals surface area contributed by atoms with E-state index >= 15 is 0 Å². The highest BCUT2D eigenvalue weighted by atomic mass is 16.3. The number of hydrogen-bond acceptors (Lipinski definition) is 4. The molecule has 0 aliphatic heterocycles. The monoisotopic (exact) mass is 308 g/mol. The van der Waals surface area contributed by atoms with E-state index in [1.54, 1.807) is 24.3 Å². The minimum atomic E-state index is -0.254. The maximum absolute atomic E-state index is 12.2. The van der Waals surface area contributed by atoms with Gasteiger partial charge in [0, 0.05) is 5.56 Å². The highest BCUT2D eigenvalue weighted by Crippen LogP contribution is 2.16. The zero-order valence-electron chi connectivity index (χ0n) is 12.4. The number of rotatable bonds is 5. The van der Waals surface area contributed by atoms with Crippen LogP contribution in [-0.4, -0.2) is 26.2 Å². The number of aromatic amines is 1. The summed E-state index contributed by atoms with van der Waals surface area (Å²) in [5.74, 6) is -0.254. The lowest BCUT2D eigenvalue weighted by Crippen LogP contribution is -2.23. The number of aliphatic hydroxyl groups excluding tert-OH is 1. The second-order valence-electron chi connectivity index (χ2n) is 4.99.